The van der Waals surface area contributed by atoms with E-state index in [-0.39, 0.29) is 18.2 Å². The van der Waals surface area contributed by atoms with Crippen molar-refractivity contribution in [2.75, 3.05) is 6.54 Å². The molecule has 0 aromatic heterocycles. The number of nitrogens with zero attached hydrogens (tertiary/aromatic N) is 1. The van der Waals surface area contributed by atoms with E-state index in [1.54, 1.807) is 17.0 Å². The van der Waals surface area contributed by atoms with Gasteiger partial charge in [-0.25, -0.2) is 0 Å². The van der Waals surface area contributed by atoms with Crippen molar-refractivity contribution in [3.8, 4) is 0 Å². The van der Waals surface area contributed by atoms with Gasteiger partial charge in [0.25, 0.3) is 0 Å². The third-order valence-electron chi connectivity index (χ3n) is 5.19. The second-order valence-corrected chi connectivity index (χ2v) is 8.83. The molecular weight excluding hydrogens is 431 g/mol. The van der Waals surface area contributed by atoms with Gasteiger partial charge >= 0.3 is 0 Å². The molecule has 0 spiro atoms. The first-order valence-corrected chi connectivity index (χ1v) is 11.6. The number of halogens is 2. The summed E-state index contributed by atoms with van der Waals surface area (Å²) in [6, 6.07) is 10.9. The average Bonchev–Trinajstić information content (AvgIpc) is 2.69. The average molecular weight is 463 g/mol. The fraction of sp³-hybridized carbons (Fsp3) is 0.440. The van der Waals surface area contributed by atoms with E-state index in [0.29, 0.717) is 29.6 Å². The predicted octanol–water partition coefficient (Wildman–Crippen LogP) is 5.88. The molecule has 0 fully saturated rings. The van der Waals surface area contributed by atoms with Crippen molar-refractivity contribution in [1.82, 2.24) is 10.2 Å². The third kappa shape index (κ3) is 7.55. The Balaban J connectivity index is 2.31. The smallest absolute Gasteiger partial charge is 0.242 e. The first-order chi connectivity index (χ1) is 14.7. The van der Waals surface area contributed by atoms with Crippen molar-refractivity contribution in [2.45, 2.75) is 66.0 Å². The van der Waals surface area contributed by atoms with E-state index in [1.807, 2.05) is 39.0 Å². The molecule has 0 heterocycles. The molecule has 2 aromatic carbocycles. The van der Waals surface area contributed by atoms with Gasteiger partial charge in [0, 0.05) is 13.1 Å². The lowest BCUT2D eigenvalue weighted by atomic mass is 10.0. The number of rotatable bonds is 10. The zero-order chi connectivity index (χ0) is 23.0. The Morgan fingerprint density at radius 1 is 0.968 bits per heavy atom. The fourth-order valence-corrected chi connectivity index (χ4v) is 4.03. The highest BCUT2D eigenvalue weighted by Crippen LogP contribution is 2.24. The summed E-state index contributed by atoms with van der Waals surface area (Å²) < 4.78 is 0. The van der Waals surface area contributed by atoms with Gasteiger partial charge in [-0.2, -0.15) is 0 Å². The summed E-state index contributed by atoms with van der Waals surface area (Å²) in [5, 5.41) is 3.87. The molecule has 4 nitrogen and oxygen atoms in total. The second kappa shape index (κ2) is 12.1. The molecule has 168 valence electrons. The van der Waals surface area contributed by atoms with Gasteiger partial charge < -0.3 is 10.2 Å². The van der Waals surface area contributed by atoms with Crippen LogP contribution in [0, 0.1) is 13.8 Å². The first-order valence-electron chi connectivity index (χ1n) is 10.8. The molecule has 2 rings (SSSR count). The van der Waals surface area contributed by atoms with Gasteiger partial charge in [-0.1, -0.05) is 78.9 Å². The van der Waals surface area contributed by atoms with Crippen molar-refractivity contribution < 1.29 is 9.59 Å². The maximum absolute atomic E-state index is 13.4. The van der Waals surface area contributed by atoms with E-state index in [4.69, 9.17) is 23.2 Å². The van der Waals surface area contributed by atoms with E-state index >= 15 is 0 Å². The summed E-state index contributed by atoms with van der Waals surface area (Å²) in [4.78, 5) is 28.0. The van der Waals surface area contributed by atoms with Gasteiger partial charge in [-0.05, 0) is 49.9 Å². The highest BCUT2D eigenvalue weighted by atomic mass is 35.5. The van der Waals surface area contributed by atoms with Crippen LogP contribution < -0.4 is 5.32 Å². The van der Waals surface area contributed by atoms with Gasteiger partial charge in [-0.15, -0.1) is 0 Å². The molecule has 1 N–H and O–H groups in total. The zero-order valence-electron chi connectivity index (χ0n) is 18.8. The molecule has 0 saturated heterocycles. The topological polar surface area (TPSA) is 49.4 Å². The summed E-state index contributed by atoms with van der Waals surface area (Å²) in [6.45, 7) is 8.94. The maximum atomic E-state index is 13.4. The number of nitrogens with one attached hydrogen (secondary N) is 1. The van der Waals surface area contributed by atoms with Gasteiger partial charge in [0.2, 0.25) is 11.8 Å². The molecular formula is C25H32Cl2N2O2. The molecule has 0 radical (unpaired) electrons. The van der Waals surface area contributed by atoms with Gasteiger partial charge in [0.1, 0.15) is 6.04 Å². The molecule has 6 heteroatoms. The van der Waals surface area contributed by atoms with E-state index in [9.17, 15) is 9.59 Å². The van der Waals surface area contributed by atoms with Crippen LogP contribution in [-0.2, 0) is 22.6 Å². The van der Waals surface area contributed by atoms with Gasteiger partial charge in [-0.3, -0.25) is 9.59 Å². The largest absolute Gasteiger partial charge is 0.354 e. The standard InChI is InChI=1S/C25H32Cl2N2O2/c1-5-7-10-28-25(31)23(6-2)29(16-19-8-9-21(26)22(27)14-19)24(30)15-20-12-17(3)11-18(4)13-20/h8-9,11-14,23H,5-7,10,15-16H2,1-4H3,(H,28,31)/t23-/m1/s1. The summed E-state index contributed by atoms with van der Waals surface area (Å²) in [7, 11) is 0. The van der Waals surface area contributed by atoms with E-state index in [1.165, 1.54) is 0 Å². The predicted molar refractivity (Wildman–Crippen MR) is 129 cm³/mol. The zero-order valence-corrected chi connectivity index (χ0v) is 20.3. The number of aryl methyl sites for hydroxylation is 2. The second-order valence-electron chi connectivity index (χ2n) is 8.01. The molecule has 2 aromatic rings. The summed E-state index contributed by atoms with van der Waals surface area (Å²) in [6.07, 6.45) is 2.67. The number of carbonyl (C=O) groups is 2. The minimum atomic E-state index is -0.551. The van der Waals surface area contributed by atoms with Crippen LogP contribution >= 0.6 is 23.2 Å². The summed E-state index contributed by atoms with van der Waals surface area (Å²) in [5.74, 6) is -0.210. The van der Waals surface area contributed by atoms with Crippen LogP contribution in [0.1, 0.15) is 55.4 Å². The number of carbonyl (C=O) groups excluding carboxylic acids is 2. The Hall–Kier alpha value is -2.04. The molecule has 0 saturated carbocycles. The van der Waals surface area contributed by atoms with Gasteiger partial charge in [0.15, 0.2) is 0 Å². The normalized spacial score (nSPS) is 11.8. The van der Waals surface area contributed by atoms with Crippen LogP contribution in [0.3, 0.4) is 0 Å². The van der Waals surface area contributed by atoms with Crippen LogP contribution in [0.5, 0.6) is 0 Å². The number of unbranched alkanes of at least 4 members (excludes halogenated alkanes) is 1. The minimum Gasteiger partial charge on any atom is -0.354 e. The van der Waals surface area contributed by atoms with Gasteiger partial charge in [0.05, 0.1) is 16.5 Å². The number of amides is 2. The number of hydrogen-bond donors (Lipinski definition) is 1. The third-order valence-corrected chi connectivity index (χ3v) is 5.93. The quantitative estimate of drug-likeness (QED) is 0.448. The Bertz CT molecular complexity index is 894. The molecule has 1 atom stereocenters. The van der Waals surface area contributed by atoms with Crippen LogP contribution in [-0.4, -0.2) is 29.3 Å². The first kappa shape index (κ1) is 25.2. The lowest BCUT2D eigenvalue weighted by Gasteiger charge is -2.31. The van der Waals surface area contributed by atoms with Crippen molar-refractivity contribution in [3.63, 3.8) is 0 Å². The van der Waals surface area contributed by atoms with Crippen molar-refractivity contribution in [3.05, 3.63) is 68.7 Å². The molecule has 31 heavy (non-hydrogen) atoms. The van der Waals surface area contributed by atoms with Crippen molar-refractivity contribution in [1.29, 1.82) is 0 Å². The van der Waals surface area contributed by atoms with Crippen LogP contribution in [0.4, 0.5) is 0 Å². The lowest BCUT2D eigenvalue weighted by Crippen LogP contribution is -2.49. The van der Waals surface area contributed by atoms with E-state index in [0.717, 1.165) is 35.1 Å². The molecule has 0 aliphatic heterocycles. The van der Waals surface area contributed by atoms with Crippen LogP contribution in [0.25, 0.3) is 0 Å². The molecule has 0 aliphatic rings. The fourth-order valence-electron chi connectivity index (χ4n) is 3.71. The highest BCUT2D eigenvalue weighted by molar-refractivity contribution is 6.42. The van der Waals surface area contributed by atoms with Crippen molar-refractivity contribution in [2.24, 2.45) is 0 Å². The van der Waals surface area contributed by atoms with E-state index in [2.05, 4.69) is 18.3 Å². The molecule has 0 unspecified atom stereocenters. The van der Waals surface area contributed by atoms with E-state index < -0.39 is 6.04 Å². The number of benzene rings is 2. The highest BCUT2D eigenvalue weighted by Gasteiger charge is 2.28. The molecule has 0 aliphatic carbocycles. The summed E-state index contributed by atoms with van der Waals surface area (Å²) >= 11 is 12.2. The summed E-state index contributed by atoms with van der Waals surface area (Å²) in [5.41, 5.74) is 4.01. The Labute approximate surface area is 195 Å². The monoisotopic (exact) mass is 462 g/mol. The Kier molecular flexibility index (Phi) is 9.86. The SMILES string of the molecule is CCCCNC(=O)[C@@H](CC)N(Cc1ccc(Cl)c(Cl)c1)C(=O)Cc1cc(C)cc(C)c1. The van der Waals surface area contributed by atoms with Crippen LogP contribution in [0.15, 0.2) is 36.4 Å². The number of hydrogen-bond acceptors (Lipinski definition) is 2. The molecule has 0 bridgehead atoms. The van der Waals surface area contributed by atoms with Crippen molar-refractivity contribution >= 4 is 35.0 Å². The minimum absolute atomic E-state index is 0.0893. The molecule has 2 amide bonds. The Morgan fingerprint density at radius 2 is 1.65 bits per heavy atom. The van der Waals surface area contributed by atoms with Crippen LogP contribution in [0.2, 0.25) is 10.0 Å². The Morgan fingerprint density at radius 3 is 2.23 bits per heavy atom. The maximum Gasteiger partial charge on any atom is 0.242 e. The lowest BCUT2D eigenvalue weighted by molar-refractivity contribution is -0.140.